The van der Waals surface area contributed by atoms with E-state index >= 15 is 0 Å². The van der Waals surface area contributed by atoms with Crippen LogP contribution in [0.4, 0.5) is 4.79 Å². The number of carbonyl (C=O) groups excluding carboxylic acids is 3. The number of nitrogens with one attached hydrogen (secondary N) is 2. The number of aromatic nitrogens is 1. The number of primary amides is 1. The SMILES string of the molecule is CCCC(NC(=O)c1c(C)cc(Cl)nc1C)N1CCC(C(Cc2ccsc2)(NC(N)=O)c2ccc(C(=O)OC)cc2)CC1. The van der Waals surface area contributed by atoms with Gasteiger partial charge in [0, 0.05) is 19.5 Å². The van der Waals surface area contributed by atoms with E-state index in [4.69, 9.17) is 22.1 Å². The van der Waals surface area contributed by atoms with Crippen molar-refractivity contribution in [2.75, 3.05) is 20.2 Å². The molecule has 3 amide bonds. The first-order chi connectivity index (χ1) is 20.6. The standard InChI is InChI=1S/C32H40ClN5O4S/c1-5-6-27(36-29(39)28-20(2)17-26(33)35-21(28)3)38-14-11-25(12-15-38)32(37-31(34)41,18-22-13-16-43-19-22)24-9-7-23(8-10-24)30(40)42-4/h7-10,13,16-17,19,25,27H,5-6,11-12,14-15,18H2,1-4H3,(H,36,39)(H3,34,37,41). The molecule has 2 unspecified atom stereocenters. The van der Waals surface area contributed by atoms with Crippen molar-refractivity contribution >= 4 is 40.8 Å². The fraction of sp³-hybridized carbons (Fsp3) is 0.438. The molecule has 2 aromatic heterocycles. The number of piperidine rings is 1. The molecule has 230 valence electrons. The number of methoxy groups -OCH3 is 1. The van der Waals surface area contributed by atoms with Crippen LogP contribution in [0.1, 0.15) is 75.7 Å². The number of pyridine rings is 1. The quantitative estimate of drug-likeness (QED) is 0.189. The van der Waals surface area contributed by atoms with Crippen LogP contribution < -0.4 is 16.4 Å². The number of hydrogen-bond acceptors (Lipinski definition) is 7. The van der Waals surface area contributed by atoms with E-state index in [2.05, 4.69) is 38.9 Å². The summed E-state index contributed by atoms with van der Waals surface area (Å²) in [5.41, 5.74) is 9.38. The van der Waals surface area contributed by atoms with Gasteiger partial charge in [-0.05, 0) is 90.7 Å². The molecular weight excluding hydrogens is 586 g/mol. The molecule has 3 heterocycles. The van der Waals surface area contributed by atoms with Crippen LogP contribution in [0.15, 0.2) is 47.2 Å². The average Bonchev–Trinajstić information content (AvgIpc) is 3.48. The second kappa shape index (κ2) is 14.3. The summed E-state index contributed by atoms with van der Waals surface area (Å²) < 4.78 is 4.88. The molecule has 0 radical (unpaired) electrons. The Hall–Kier alpha value is -3.47. The summed E-state index contributed by atoms with van der Waals surface area (Å²) in [6.07, 6.45) is 3.63. The van der Waals surface area contributed by atoms with Crippen molar-refractivity contribution in [3.05, 3.63) is 85.8 Å². The zero-order chi connectivity index (χ0) is 31.1. The Labute approximate surface area is 262 Å². The minimum Gasteiger partial charge on any atom is -0.465 e. The number of nitrogens with two attached hydrogens (primary N) is 1. The lowest BCUT2D eigenvalue weighted by Gasteiger charge is -2.47. The van der Waals surface area contributed by atoms with Crippen LogP contribution in [0.2, 0.25) is 5.15 Å². The number of hydrogen-bond donors (Lipinski definition) is 3. The largest absolute Gasteiger partial charge is 0.465 e. The molecule has 1 aliphatic heterocycles. The Morgan fingerprint density at radius 1 is 1.19 bits per heavy atom. The van der Waals surface area contributed by atoms with Gasteiger partial charge in [-0.1, -0.05) is 37.1 Å². The number of benzene rings is 1. The highest BCUT2D eigenvalue weighted by atomic mass is 35.5. The number of thiophene rings is 1. The molecule has 1 aliphatic rings. The monoisotopic (exact) mass is 625 g/mol. The van der Waals surface area contributed by atoms with Gasteiger partial charge in [-0.3, -0.25) is 9.69 Å². The average molecular weight is 626 g/mol. The summed E-state index contributed by atoms with van der Waals surface area (Å²) in [6, 6.07) is 10.4. The van der Waals surface area contributed by atoms with Gasteiger partial charge in [-0.2, -0.15) is 11.3 Å². The zero-order valence-electron chi connectivity index (χ0n) is 25.1. The van der Waals surface area contributed by atoms with Crippen LogP contribution >= 0.6 is 22.9 Å². The molecule has 0 spiro atoms. The summed E-state index contributed by atoms with van der Waals surface area (Å²) in [4.78, 5) is 44.7. The second-order valence-electron chi connectivity index (χ2n) is 11.1. The van der Waals surface area contributed by atoms with Gasteiger partial charge in [0.2, 0.25) is 0 Å². The van der Waals surface area contributed by atoms with E-state index in [1.54, 1.807) is 36.5 Å². The Morgan fingerprint density at radius 3 is 2.44 bits per heavy atom. The smallest absolute Gasteiger partial charge is 0.337 e. The van der Waals surface area contributed by atoms with Crippen LogP contribution in [-0.2, 0) is 16.7 Å². The highest BCUT2D eigenvalue weighted by Crippen LogP contribution is 2.40. The van der Waals surface area contributed by atoms with Crippen molar-refractivity contribution in [1.82, 2.24) is 20.5 Å². The lowest BCUT2D eigenvalue weighted by molar-refractivity contribution is 0.0579. The van der Waals surface area contributed by atoms with Crippen molar-refractivity contribution in [3.63, 3.8) is 0 Å². The topological polar surface area (TPSA) is 127 Å². The number of carbonyl (C=O) groups is 3. The molecule has 4 N–H and O–H groups in total. The van der Waals surface area contributed by atoms with E-state index in [1.165, 1.54) is 7.11 Å². The fourth-order valence-corrected chi connectivity index (χ4v) is 7.29. The van der Waals surface area contributed by atoms with Crippen LogP contribution in [0.5, 0.6) is 0 Å². The first kappa shape index (κ1) is 32.4. The highest BCUT2D eigenvalue weighted by Gasteiger charge is 2.44. The molecule has 43 heavy (non-hydrogen) atoms. The van der Waals surface area contributed by atoms with Gasteiger partial charge in [0.15, 0.2) is 0 Å². The summed E-state index contributed by atoms with van der Waals surface area (Å²) in [7, 11) is 1.35. The Kier molecular flexibility index (Phi) is 10.8. The van der Waals surface area contributed by atoms with E-state index in [-0.39, 0.29) is 18.0 Å². The van der Waals surface area contributed by atoms with Gasteiger partial charge < -0.3 is 21.1 Å². The lowest BCUT2D eigenvalue weighted by atomic mass is 9.70. The third-order valence-corrected chi connectivity index (χ3v) is 9.28. The highest BCUT2D eigenvalue weighted by molar-refractivity contribution is 7.07. The maximum Gasteiger partial charge on any atom is 0.337 e. The van der Waals surface area contributed by atoms with E-state index in [0.717, 1.165) is 55.5 Å². The van der Waals surface area contributed by atoms with Gasteiger partial charge in [-0.25, -0.2) is 14.6 Å². The Morgan fingerprint density at radius 2 is 1.88 bits per heavy atom. The van der Waals surface area contributed by atoms with Crippen molar-refractivity contribution in [3.8, 4) is 0 Å². The van der Waals surface area contributed by atoms with E-state index in [9.17, 15) is 14.4 Å². The van der Waals surface area contributed by atoms with E-state index < -0.39 is 17.5 Å². The molecule has 0 bridgehead atoms. The van der Waals surface area contributed by atoms with Gasteiger partial charge in [0.25, 0.3) is 5.91 Å². The zero-order valence-corrected chi connectivity index (χ0v) is 26.7. The number of rotatable bonds is 11. The predicted octanol–water partition coefficient (Wildman–Crippen LogP) is 5.57. The third-order valence-electron chi connectivity index (χ3n) is 8.35. The Bertz CT molecular complexity index is 1400. The van der Waals surface area contributed by atoms with Gasteiger partial charge in [0.1, 0.15) is 5.15 Å². The maximum atomic E-state index is 13.4. The molecule has 0 saturated carbocycles. The molecule has 1 aromatic carbocycles. The maximum absolute atomic E-state index is 13.4. The van der Waals surface area contributed by atoms with Crippen molar-refractivity contribution in [2.24, 2.45) is 11.7 Å². The van der Waals surface area contributed by atoms with Crippen LogP contribution in [0, 0.1) is 19.8 Å². The summed E-state index contributed by atoms with van der Waals surface area (Å²) in [6.45, 7) is 7.21. The molecule has 0 aliphatic carbocycles. The molecule has 4 rings (SSSR count). The molecule has 11 heteroatoms. The summed E-state index contributed by atoms with van der Waals surface area (Å²) in [5.74, 6) is -0.536. The van der Waals surface area contributed by atoms with E-state index in [1.807, 2.05) is 24.4 Å². The van der Waals surface area contributed by atoms with Gasteiger partial charge in [-0.15, -0.1) is 0 Å². The van der Waals surface area contributed by atoms with Crippen LogP contribution in [-0.4, -0.2) is 54.2 Å². The molecule has 3 aromatic rings. The number of esters is 1. The number of aryl methyl sites for hydroxylation is 2. The van der Waals surface area contributed by atoms with Crippen molar-refractivity contribution in [1.29, 1.82) is 0 Å². The number of halogens is 1. The fourth-order valence-electron chi connectivity index (χ4n) is 6.33. The number of ether oxygens (including phenoxy) is 1. The first-order valence-corrected chi connectivity index (χ1v) is 15.9. The van der Waals surface area contributed by atoms with Crippen LogP contribution in [0.25, 0.3) is 0 Å². The second-order valence-corrected chi connectivity index (χ2v) is 12.3. The molecule has 2 atom stereocenters. The van der Waals surface area contributed by atoms with E-state index in [0.29, 0.717) is 28.4 Å². The number of urea groups is 1. The third kappa shape index (κ3) is 7.55. The van der Waals surface area contributed by atoms with Crippen LogP contribution in [0.3, 0.4) is 0 Å². The minimum atomic E-state index is -0.791. The number of amides is 3. The first-order valence-electron chi connectivity index (χ1n) is 14.5. The normalized spacial score (nSPS) is 16.2. The number of nitrogens with zero attached hydrogens (tertiary/aromatic N) is 2. The van der Waals surface area contributed by atoms with Gasteiger partial charge >= 0.3 is 12.0 Å². The van der Waals surface area contributed by atoms with Crippen molar-refractivity contribution < 1.29 is 19.1 Å². The Balaban J connectivity index is 1.60. The summed E-state index contributed by atoms with van der Waals surface area (Å²) >= 11 is 7.70. The predicted molar refractivity (Wildman–Crippen MR) is 169 cm³/mol. The molecule has 1 fully saturated rings. The lowest BCUT2D eigenvalue weighted by Crippen LogP contribution is -2.58. The molecule has 1 saturated heterocycles. The molecule has 9 nitrogen and oxygen atoms in total. The molecular formula is C32H40ClN5O4S. The minimum absolute atomic E-state index is 0.0445. The van der Waals surface area contributed by atoms with Gasteiger partial charge in [0.05, 0.1) is 35.6 Å². The summed E-state index contributed by atoms with van der Waals surface area (Å²) in [5, 5.41) is 10.9. The number of likely N-dealkylation sites (tertiary alicyclic amines) is 1. The van der Waals surface area contributed by atoms with Crippen molar-refractivity contribution in [2.45, 2.75) is 64.6 Å².